The van der Waals surface area contributed by atoms with Gasteiger partial charge in [-0.3, -0.25) is 0 Å². The number of rotatable bonds is 5. The Morgan fingerprint density at radius 3 is 2.81 bits per heavy atom. The van der Waals surface area contributed by atoms with Crippen molar-refractivity contribution in [3.63, 3.8) is 0 Å². The topological polar surface area (TPSA) is 12.0 Å². The second-order valence-corrected chi connectivity index (χ2v) is 4.68. The first-order valence-corrected chi connectivity index (χ1v) is 5.81. The van der Waals surface area contributed by atoms with Crippen LogP contribution in [0.4, 0.5) is 8.78 Å². The lowest BCUT2D eigenvalue weighted by Gasteiger charge is -2.11. The third-order valence-electron chi connectivity index (χ3n) is 3.22. The Morgan fingerprint density at radius 1 is 1.38 bits per heavy atom. The normalized spacial score (nSPS) is 17.4. The maximum Gasteiger partial charge on any atom is 0.127 e. The fourth-order valence-corrected chi connectivity index (χ4v) is 1.95. The minimum absolute atomic E-state index is 0.340. The van der Waals surface area contributed by atoms with Crippen LogP contribution in [-0.4, -0.2) is 6.54 Å². The SMILES string of the molecule is CC(CNCc1cc(F)ccc1F)C1CC1. The second kappa shape index (κ2) is 4.91. The average molecular weight is 225 g/mol. The molecular weight excluding hydrogens is 208 g/mol. The van der Waals surface area contributed by atoms with E-state index < -0.39 is 0 Å². The van der Waals surface area contributed by atoms with Crippen molar-refractivity contribution in [2.24, 2.45) is 11.8 Å². The van der Waals surface area contributed by atoms with E-state index in [1.165, 1.54) is 25.0 Å². The van der Waals surface area contributed by atoms with Crippen molar-refractivity contribution >= 4 is 0 Å². The van der Waals surface area contributed by atoms with Gasteiger partial charge in [-0.1, -0.05) is 6.92 Å². The summed E-state index contributed by atoms with van der Waals surface area (Å²) in [5, 5.41) is 3.18. The van der Waals surface area contributed by atoms with Gasteiger partial charge in [0.15, 0.2) is 0 Å². The van der Waals surface area contributed by atoms with Gasteiger partial charge >= 0.3 is 0 Å². The van der Waals surface area contributed by atoms with Crippen LogP contribution in [0.5, 0.6) is 0 Å². The minimum Gasteiger partial charge on any atom is -0.312 e. The van der Waals surface area contributed by atoms with Crippen LogP contribution in [0.2, 0.25) is 0 Å². The van der Waals surface area contributed by atoms with Gasteiger partial charge in [0.05, 0.1) is 0 Å². The number of nitrogens with one attached hydrogen (secondary N) is 1. The van der Waals surface area contributed by atoms with E-state index in [1.54, 1.807) is 0 Å². The van der Waals surface area contributed by atoms with Crippen LogP contribution in [0.3, 0.4) is 0 Å². The quantitative estimate of drug-likeness (QED) is 0.812. The Balaban J connectivity index is 1.81. The highest BCUT2D eigenvalue weighted by Gasteiger charge is 2.27. The highest BCUT2D eigenvalue weighted by Crippen LogP contribution is 2.36. The summed E-state index contributed by atoms with van der Waals surface area (Å²) < 4.78 is 26.1. The lowest BCUT2D eigenvalue weighted by atomic mass is 10.1. The van der Waals surface area contributed by atoms with Gasteiger partial charge < -0.3 is 5.32 Å². The number of benzene rings is 1. The molecule has 0 heterocycles. The van der Waals surface area contributed by atoms with Crippen LogP contribution in [0.15, 0.2) is 18.2 Å². The standard InChI is InChI=1S/C13H17F2N/c1-9(10-2-3-10)7-16-8-11-6-12(14)4-5-13(11)15/h4-6,9-10,16H,2-3,7-8H2,1H3. The fraction of sp³-hybridized carbons (Fsp3) is 0.538. The summed E-state index contributed by atoms with van der Waals surface area (Å²) in [7, 11) is 0. The van der Waals surface area contributed by atoms with E-state index >= 15 is 0 Å². The molecule has 1 aliphatic rings. The van der Waals surface area contributed by atoms with Gasteiger partial charge in [0.25, 0.3) is 0 Å². The van der Waals surface area contributed by atoms with Gasteiger partial charge in [-0.25, -0.2) is 8.78 Å². The van der Waals surface area contributed by atoms with Gasteiger partial charge in [0, 0.05) is 12.1 Å². The Hall–Kier alpha value is -0.960. The lowest BCUT2D eigenvalue weighted by molar-refractivity contribution is 0.456. The van der Waals surface area contributed by atoms with Crippen molar-refractivity contribution in [1.82, 2.24) is 5.32 Å². The molecule has 1 aromatic rings. The van der Waals surface area contributed by atoms with Crippen molar-refractivity contribution in [3.05, 3.63) is 35.4 Å². The van der Waals surface area contributed by atoms with E-state index in [4.69, 9.17) is 0 Å². The largest absolute Gasteiger partial charge is 0.312 e. The maximum atomic E-state index is 13.3. The molecule has 1 saturated carbocycles. The fourth-order valence-electron chi connectivity index (χ4n) is 1.95. The van der Waals surface area contributed by atoms with E-state index in [-0.39, 0.29) is 11.6 Å². The minimum atomic E-state index is -0.381. The van der Waals surface area contributed by atoms with Crippen LogP contribution in [-0.2, 0) is 6.54 Å². The lowest BCUT2D eigenvalue weighted by Crippen LogP contribution is -2.22. The molecule has 0 radical (unpaired) electrons. The number of halogens is 2. The van der Waals surface area contributed by atoms with Gasteiger partial charge in [-0.15, -0.1) is 0 Å². The molecule has 16 heavy (non-hydrogen) atoms. The monoisotopic (exact) mass is 225 g/mol. The van der Waals surface area contributed by atoms with E-state index in [1.807, 2.05) is 0 Å². The third-order valence-corrected chi connectivity index (χ3v) is 3.22. The van der Waals surface area contributed by atoms with Crippen molar-refractivity contribution in [2.45, 2.75) is 26.3 Å². The molecule has 0 spiro atoms. The number of hydrogen-bond acceptors (Lipinski definition) is 1. The van der Waals surface area contributed by atoms with Crippen LogP contribution >= 0.6 is 0 Å². The van der Waals surface area contributed by atoms with Crippen LogP contribution in [0.1, 0.15) is 25.3 Å². The van der Waals surface area contributed by atoms with E-state index in [0.717, 1.165) is 18.5 Å². The molecule has 0 amide bonds. The molecule has 2 rings (SSSR count). The van der Waals surface area contributed by atoms with Crippen molar-refractivity contribution in [3.8, 4) is 0 Å². The second-order valence-electron chi connectivity index (χ2n) is 4.68. The average Bonchev–Trinajstić information content (AvgIpc) is 3.06. The summed E-state index contributed by atoms with van der Waals surface area (Å²) in [4.78, 5) is 0. The maximum absolute atomic E-state index is 13.3. The molecular formula is C13H17F2N. The predicted molar refractivity (Wildman–Crippen MR) is 60.0 cm³/mol. The summed E-state index contributed by atoms with van der Waals surface area (Å²) in [6.45, 7) is 3.48. The molecule has 0 aromatic heterocycles. The van der Waals surface area contributed by atoms with Gasteiger partial charge in [-0.2, -0.15) is 0 Å². The molecule has 1 atom stereocenters. The smallest absolute Gasteiger partial charge is 0.127 e. The first kappa shape index (κ1) is 11.5. The summed E-state index contributed by atoms with van der Waals surface area (Å²) in [5.41, 5.74) is 0.406. The Bertz CT molecular complexity index is 361. The van der Waals surface area contributed by atoms with Crippen molar-refractivity contribution in [2.75, 3.05) is 6.54 Å². The van der Waals surface area contributed by atoms with E-state index in [9.17, 15) is 8.78 Å². The highest BCUT2D eigenvalue weighted by atomic mass is 19.1. The molecule has 3 heteroatoms. The number of hydrogen-bond donors (Lipinski definition) is 1. The summed E-state index contributed by atoms with van der Waals surface area (Å²) >= 11 is 0. The zero-order chi connectivity index (χ0) is 11.5. The van der Waals surface area contributed by atoms with Gasteiger partial charge in [0.1, 0.15) is 11.6 Å². The Morgan fingerprint density at radius 2 is 2.12 bits per heavy atom. The molecule has 1 fully saturated rings. The predicted octanol–water partition coefficient (Wildman–Crippen LogP) is 3.10. The van der Waals surface area contributed by atoms with Crippen LogP contribution in [0, 0.1) is 23.5 Å². The van der Waals surface area contributed by atoms with Crippen LogP contribution in [0.25, 0.3) is 0 Å². The molecule has 0 bridgehead atoms. The summed E-state index contributed by atoms with van der Waals surface area (Å²) in [6.07, 6.45) is 2.63. The Labute approximate surface area is 94.9 Å². The van der Waals surface area contributed by atoms with Gasteiger partial charge in [0.2, 0.25) is 0 Å². The molecule has 88 valence electrons. The molecule has 0 aliphatic heterocycles. The highest BCUT2D eigenvalue weighted by molar-refractivity contribution is 5.18. The summed E-state index contributed by atoms with van der Waals surface area (Å²) in [5.74, 6) is 0.753. The van der Waals surface area contributed by atoms with E-state index in [0.29, 0.717) is 18.0 Å². The molecule has 0 saturated heterocycles. The first-order valence-electron chi connectivity index (χ1n) is 5.81. The van der Waals surface area contributed by atoms with Crippen molar-refractivity contribution in [1.29, 1.82) is 0 Å². The molecule has 1 unspecified atom stereocenters. The van der Waals surface area contributed by atoms with E-state index in [2.05, 4.69) is 12.2 Å². The zero-order valence-electron chi connectivity index (χ0n) is 9.47. The summed E-state index contributed by atoms with van der Waals surface area (Å²) in [6, 6.07) is 3.58. The third kappa shape index (κ3) is 3.01. The first-order chi connectivity index (χ1) is 7.66. The molecule has 1 aromatic carbocycles. The van der Waals surface area contributed by atoms with Crippen molar-refractivity contribution < 1.29 is 8.78 Å². The molecule has 1 aliphatic carbocycles. The molecule has 1 N–H and O–H groups in total. The Kier molecular flexibility index (Phi) is 3.54. The van der Waals surface area contributed by atoms with Gasteiger partial charge in [-0.05, 0) is 49.4 Å². The molecule has 1 nitrogen and oxygen atoms in total. The van der Waals surface area contributed by atoms with Crippen LogP contribution < -0.4 is 5.32 Å². The zero-order valence-corrected chi connectivity index (χ0v) is 9.47.